The van der Waals surface area contributed by atoms with Gasteiger partial charge in [-0.05, 0) is 31.2 Å². The van der Waals surface area contributed by atoms with Crippen molar-refractivity contribution in [3.63, 3.8) is 0 Å². The van der Waals surface area contributed by atoms with Crippen molar-refractivity contribution in [3.05, 3.63) is 0 Å². The fourth-order valence-corrected chi connectivity index (χ4v) is 2.58. The molecule has 1 fully saturated rings. The van der Waals surface area contributed by atoms with Crippen LogP contribution in [0.25, 0.3) is 0 Å². The average molecular weight is 229 g/mol. The lowest BCUT2D eigenvalue weighted by atomic mass is 9.78. The number of methoxy groups -OCH3 is 1. The zero-order valence-corrected chi connectivity index (χ0v) is 10.9. The maximum absolute atomic E-state index is 9.53. The molecule has 0 heterocycles. The maximum atomic E-state index is 9.53. The predicted molar refractivity (Wildman–Crippen MR) is 66.5 cm³/mol. The van der Waals surface area contributed by atoms with Gasteiger partial charge in [-0.15, -0.1) is 0 Å². The molecule has 0 aromatic carbocycles. The van der Waals surface area contributed by atoms with Gasteiger partial charge in [0.15, 0.2) is 0 Å². The van der Waals surface area contributed by atoms with E-state index in [-0.39, 0.29) is 6.10 Å². The number of aliphatic hydroxyl groups excluding tert-OH is 1. The second-order valence-corrected chi connectivity index (χ2v) is 5.23. The standard InChI is InChI=1S/C13H27NO2/c1-10-5-4-6-13(11(10)2)14-8-7-12(15)9-16-3/h10-15H,4-9H2,1-3H3. The van der Waals surface area contributed by atoms with Crippen molar-refractivity contribution in [2.45, 2.75) is 51.7 Å². The molecular weight excluding hydrogens is 202 g/mol. The topological polar surface area (TPSA) is 41.5 Å². The molecule has 1 aliphatic carbocycles. The Kier molecular flexibility index (Phi) is 6.32. The van der Waals surface area contributed by atoms with E-state index >= 15 is 0 Å². The molecule has 0 amide bonds. The van der Waals surface area contributed by atoms with Crippen LogP contribution in [0.3, 0.4) is 0 Å². The summed E-state index contributed by atoms with van der Waals surface area (Å²) in [6, 6.07) is 0.637. The van der Waals surface area contributed by atoms with Gasteiger partial charge in [0.05, 0.1) is 12.7 Å². The maximum Gasteiger partial charge on any atom is 0.0785 e. The summed E-state index contributed by atoms with van der Waals surface area (Å²) in [5, 5.41) is 13.1. The van der Waals surface area contributed by atoms with Crippen molar-refractivity contribution in [1.82, 2.24) is 5.32 Å². The Hall–Kier alpha value is -0.120. The van der Waals surface area contributed by atoms with E-state index in [4.69, 9.17) is 4.74 Å². The van der Waals surface area contributed by atoms with Crippen LogP contribution < -0.4 is 5.32 Å². The number of rotatable bonds is 6. The first-order valence-electron chi connectivity index (χ1n) is 6.55. The summed E-state index contributed by atoms with van der Waals surface area (Å²) >= 11 is 0. The van der Waals surface area contributed by atoms with Crippen LogP contribution >= 0.6 is 0 Å². The van der Waals surface area contributed by atoms with Crippen LogP contribution in [0.5, 0.6) is 0 Å². The number of nitrogens with one attached hydrogen (secondary N) is 1. The summed E-state index contributed by atoms with van der Waals surface area (Å²) in [7, 11) is 1.63. The number of hydrogen-bond donors (Lipinski definition) is 2. The lowest BCUT2D eigenvalue weighted by molar-refractivity contribution is 0.0577. The molecule has 16 heavy (non-hydrogen) atoms. The van der Waals surface area contributed by atoms with Crippen LogP contribution in [0.15, 0.2) is 0 Å². The Morgan fingerprint density at radius 1 is 1.38 bits per heavy atom. The van der Waals surface area contributed by atoms with Crippen LogP contribution in [-0.2, 0) is 4.74 Å². The second kappa shape index (κ2) is 7.25. The highest BCUT2D eigenvalue weighted by Crippen LogP contribution is 2.29. The number of aliphatic hydroxyl groups is 1. The minimum atomic E-state index is -0.325. The van der Waals surface area contributed by atoms with E-state index < -0.39 is 0 Å². The van der Waals surface area contributed by atoms with Crippen molar-refractivity contribution >= 4 is 0 Å². The molecular formula is C13H27NO2. The minimum absolute atomic E-state index is 0.325. The van der Waals surface area contributed by atoms with Crippen LogP contribution in [0, 0.1) is 11.8 Å². The fourth-order valence-electron chi connectivity index (χ4n) is 2.58. The Labute approximate surface area is 99.6 Å². The molecule has 3 nitrogen and oxygen atoms in total. The van der Waals surface area contributed by atoms with E-state index in [1.807, 2.05) is 0 Å². The highest BCUT2D eigenvalue weighted by atomic mass is 16.5. The van der Waals surface area contributed by atoms with Crippen LogP contribution in [0.4, 0.5) is 0 Å². The molecule has 0 bridgehead atoms. The first-order chi connectivity index (χ1) is 7.65. The first-order valence-corrected chi connectivity index (χ1v) is 6.55. The second-order valence-electron chi connectivity index (χ2n) is 5.23. The highest BCUT2D eigenvalue weighted by molar-refractivity contribution is 4.82. The molecule has 0 aromatic heterocycles. The average Bonchev–Trinajstić information content (AvgIpc) is 2.25. The van der Waals surface area contributed by atoms with Gasteiger partial charge in [0.25, 0.3) is 0 Å². The molecule has 0 aliphatic heterocycles. The van der Waals surface area contributed by atoms with Gasteiger partial charge in [-0.2, -0.15) is 0 Å². The van der Waals surface area contributed by atoms with E-state index in [1.165, 1.54) is 19.3 Å². The first kappa shape index (κ1) is 13.9. The Morgan fingerprint density at radius 2 is 2.12 bits per heavy atom. The zero-order valence-electron chi connectivity index (χ0n) is 10.9. The minimum Gasteiger partial charge on any atom is -0.391 e. The number of hydrogen-bond acceptors (Lipinski definition) is 3. The molecule has 1 rings (SSSR count). The molecule has 3 heteroatoms. The van der Waals surface area contributed by atoms with Crippen LogP contribution in [-0.4, -0.2) is 37.5 Å². The van der Waals surface area contributed by atoms with Crippen LogP contribution in [0.1, 0.15) is 39.5 Å². The third kappa shape index (κ3) is 4.40. The molecule has 4 unspecified atom stereocenters. The van der Waals surface area contributed by atoms with Gasteiger partial charge in [0.2, 0.25) is 0 Å². The smallest absolute Gasteiger partial charge is 0.0785 e. The molecule has 1 saturated carbocycles. The van der Waals surface area contributed by atoms with Gasteiger partial charge < -0.3 is 15.2 Å². The SMILES string of the molecule is COCC(O)CCNC1CCCC(C)C1C. The van der Waals surface area contributed by atoms with Gasteiger partial charge >= 0.3 is 0 Å². The molecule has 96 valence electrons. The van der Waals surface area contributed by atoms with E-state index in [0.29, 0.717) is 12.6 Å². The molecule has 4 atom stereocenters. The van der Waals surface area contributed by atoms with Gasteiger partial charge in [0.1, 0.15) is 0 Å². The largest absolute Gasteiger partial charge is 0.391 e. The molecule has 0 spiro atoms. The molecule has 2 N–H and O–H groups in total. The van der Waals surface area contributed by atoms with Crippen LogP contribution in [0.2, 0.25) is 0 Å². The fraction of sp³-hybridized carbons (Fsp3) is 1.00. The van der Waals surface area contributed by atoms with Crippen molar-refractivity contribution < 1.29 is 9.84 Å². The molecule has 0 saturated heterocycles. The summed E-state index contributed by atoms with van der Waals surface area (Å²) in [6.07, 6.45) is 4.45. The lowest BCUT2D eigenvalue weighted by Gasteiger charge is -2.35. The molecule has 1 aliphatic rings. The zero-order chi connectivity index (χ0) is 12.0. The molecule has 0 aromatic rings. The Bertz CT molecular complexity index is 187. The number of ether oxygens (including phenoxy) is 1. The van der Waals surface area contributed by atoms with E-state index in [0.717, 1.165) is 24.8 Å². The predicted octanol–water partition coefficient (Wildman–Crippen LogP) is 1.80. The van der Waals surface area contributed by atoms with E-state index in [9.17, 15) is 5.11 Å². The highest BCUT2D eigenvalue weighted by Gasteiger charge is 2.26. The van der Waals surface area contributed by atoms with Gasteiger partial charge in [-0.25, -0.2) is 0 Å². The third-order valence-electron chi connectivity index (χ3n) is 3.95. The normalized spacial score (nSPS) is 32.6. The summed E-state index contributed by atoms with van der Waals surface area (Å²) in [5.41, 5.74) is 0. The summed E-state index contributed by atoms with van der Waals surface area (Å²) < 4.78 is 4.91. The van der Waals surface area contributed by atoms with E-state index in [2.05, 4.69) is 19.2 Å². The summed E-state index contributed by atoms with van der Waals surface area (Å²) in [6.45, 7) is 6.02. The quantitative estimate of drug-likeness (QED) is 0.730. The van der Waals surface area contributed by atoms with Gasteiger partial charge in [-0.1, -0.05) is 26.7 Å². The Balaban J connectivity index is 2.16. The summed E-state index contributed by atoms with van der Waals surface area (Å²) in [4.78, 5) is 0. The lowest BCUT2D eigenvalue weighted by Crippen LogP contribution is -2.41. The van der Waals surface area contributed by atoms with E-state index in [1.54, 1.807) is 7.11 Å². The Morgan fingerprint density at radius 3 is 2.81 bits per heavy atom. The van der Waals surface area contributed by atoms with Crippen molar-refractivity contribution in [2.75, 3.05) is 20.3 Å². The van der Waals surface area contributed by atoms with Crippen molar-refractivity contribution in [3.8, 4) is 0 Å². The third-order valence-corrected chi connectivity index (χ3v) is 3.95. The monoisotopic (exact) mass is 229 g/mol. The molecule has 0 radical (unpaired) electrons. The van der Waals surface area contributed by atoms with Gasteiger partial charge in [-0.3, -0.25) is 0 Å². The van der Waals surface area contributed by atoms with Crippen molar-refractivity contribution in [2.24, 2.45) is 11.8 Å². The van der Waals surface area contributed by atoms with Crippen molar-refractivity contribution in [1.29, 1.82) is 0 Å². The summed E-state index contributed by atoms with van der Waals surface area (Å²) in [5.74, 6) is 1.59. The van der Waals surface area contributed by atoms with Gasteiger partial charge in [0, 0.05) is 13.2 Å².